The van der Waals surface area contributed by atoms with Gasteiger partial charge in [-0.1, -0.05) is 11.8 Å². The third-order valence-corrected chi connectivity index (χ3v) is 1.40. The first-order valence-corrected chi connectivity index (χ1v) is 3.62. The van der Waals surface area contributed by atoms with Crippen LogP contribution in [-0.4, -0.2) is 21.6 Å². The molecule has 0 aliphatic carbocycles. The Morgan fingerprint density at radius 1 is 1.64 bits per heavy atom. The van der Waals surface area contributed by atoms with Crippen molar-refractivity contribution in [3.05, 3.63) is 38.3 Å². The lowest BCUT2D eigenvalue weighted by Gasteiger charge is -1.90. The number of nitrogens with one attached hydrogen (secondary N) is 1. The van der Waals surface area contributed by atoms with Crippen LogP contribution in [0.2, 0.25) is 0 Å². The monoisotopic (exact) mass is 194 g/mol. The molecule has 0 fully saturated rings. The molecule has 1 rings (SSSR count). The number of pyridine rings is 1. The van der Waals surface area contributed by atoms with Crippen LogP contribution in [0.3, 0.4) is 0 Å². The largest absolute Gasteiger partial charge is 0.384 e. The quantitative estimate of drug-likeness (QED) is 0.362. The maximum absolute atomic E-state index is 11.0. The van der Waals surface area contributed by atoms with Gasteiger partial charge in [0.15, 0.2) is 0 Å². The number of nitrogens with zero attached hydrogens (tertiary/aromatic N) is 1. The Kier molecular flexibility index (Phi) is 2.99. The van der Waals surface area contributed by atoms with E-state index in [2.05, 4.69) is 16.8 Å². The van der Waals surface area contributed by atoms with Crippen LogP contribution < -0.4 is 5.56 Å². The van der Waals surface area contributed by atoms with Gasteiger partial charge in [-0.2, -0.15) is 0 Å². The van der Waals surface area contributed by atoms with E-state index in [0.29, 0.717) is 0 Å². The zero-order valence-electron chi connectivity index (χ0n) is 6.98. The van der Waals surface area contributed by atoms with Crippen LogP contribution in [0.5, 0.6) is 0 Å². The molecule has 72 valence electrons. The Morgan fingerprint density at radius 3 is 2.93 bits per heavy atom. The van der Waals surface area contributed by atoms with Crippen molar-refractivity contribution in [1.82, 2.24) is 4.98 Å². The molecule has 0 aliphatic heterocycles. The van der Waals surface area contributed by atoms with Crippen molar-refractivity contribution < 1.29 is 10.0 Å². The van der Waals surface area contributed by atoms with Crippen molar-refractivity contribution >= 4 is 5.69 Å². The second-order valence-electron chi connectivity index (χ2n) is 2.32. The number of H-pyrrole nitrogens is 1. The lowest BCUT2D eigenvalue weighted by atomic mass is 10.2. The van der Waals surface area contributed by atoms with E-state index in [9.17, 15) is 14.9 Å². The predicted molar refractivity (Wildman–Crippen MR) is 47.7 cm³/mol. The number of rotatable bonds is 1. The van der Waals surface area contributed by atoms with Crippen LogP contribution in [0.15, 0.2) is 17.1 Å². The highest BCUT2D eigenvalue weighted by Crippen LogP contribution is 2.06. The first-order valence-electron chi connectivity index (χ1n) is 3.62. The Balaban J connectivity index is 3.22. The Hall–Kier alpha value is -2.13. The van der Waals surface area contributed by atoms with Gasteiger partial charge < -0.3 is 10.1 Å². The molecule has 0 bridgehead atoms. The fourth-order valence-corrected chi connectivity index (χ4v) is 0.805. The molecule has 6 nitrogen and oxygen atoms in total. The van der Waals surface area contributed by atoms with Gasteiger partial charge in [-0.15, -0.1) is 0 Å². The third-order valence-electron chi connectivity index (χ3n) is 1.40. The van der Waals surface area contributed by atoms with Crippen molar-refractivity contribution in [2.24, 2.45) is 0 Å². The maximum Gasteiger partial charge on any atom is 0.286 e. The SMILES string of the molecule is O=c1[nH]cc([N+](=O)[O-])cc1C#CCO. The van der Waals surface area contributed by atoms with Crippen LogP contribution in [0.4, 0.5) is 5.69 Å². The standard InChI is InChI=1S/C8H6N2O4/c11-3-1-2-6-4-7(10(13)14)5-9-8(6)12/h4-5,11H,3H2,(H,9,12). The Labute approximate surface area is 78.4 Å². The molecule has 0 unspecified atom stereocenters. The summed E-state index contributed by atoms with van der Waals surface area (Å²) in [4.78, 5) is 22.9. The molecular formula is C8H6N2O4. The summed E-state index contributed by atoms with van der Waals surface area (Å²) in [5.41, 5.74) is -0.795. The van der Waals surface area contributed by atoms with E-state index in [-0.39, 0.29) is 11.3 Å². The van der Waals surface area contributed by atoms with Crippen LogP contribution in [0.25, 0.3) is 0 Å². The summed E-state index contributed by atoms with van der Waals surface area (Å²) in [6.07, 6.45) is 0.993. The molecule has 1 aromatic rings. The number of aromatic nitrogens is 1. The minimum Gasteiger partial charge on any atom is -0.384 e. The first-order chi connectivity index (χ1) is 6.65. The molecule has 0 radical (unpaired) electrons. The minimum absolute atomic E-state index is 0.0340. The molecule has 0 atom stereocenters. The van der Waals surface area contributed by atoms with Crippen LogP contribution in [0, 0.1) is 22.0 Å². The molecule has 14 heavy (non-hydrogen) atoms. The Bertz CT molecular complexity index is 466. The number of aliphatic hydroxyl groups excluding tert-OH is 1. The Morgan fingerprint density at radius 2 is 2.36 bits per heavy atom. The molecule has 2 N–H and O–H groups in total. The van der Waals surface area contributed by atoms with Crippen molar-refractivity contribution in [2.75, 3.05) is 6.61 Å². The number of nitro groups is 1. The molecule has 6 heteroatoms. The van der Waals surface area contributed by atoms with Crippen molar-refractivity contribution in [3.63, 3.8) is 0 Å². The van der Waals surface area contributed by atoms with E-state index in [1.807, 2.05) is 0 Å². The van der Waals surface area contributed by atoms with Crippen molar-refractivity contribution in [1.29, 1.82) is 0 Å². The van der Waals surface area contributed by atoms with Crippen molar-refractivity contribution in [3.8, 4) is 11.8 Å². The minimum atomic E-state index is -0.639. The van der Waals surface area contributed by atoms with Crippen LogP contribution in [-0.2, 0) is 0 Å². The zero-order chi connectivity index (χ0) is 10.6. The molecule has 0 aromatic carbocycles. The van der Waals surface area contributed by atoms with Gasteiger partial charge in [0.1, 0.15) is 6.61 Å². The van der Waals surface area contributed by atoms with Gasteiger partial charge in [-0.25, -0.2) is 0 Å². The van der Waals surface area contributed by atoms with Gasteiger partial charge in [0, 0.05) is 6.07 Å². The highest BCUT2D eigenvalue weighted by atomic mass is 16.6. The topological polar surface area (TPSA) is 96.2 Å². The lowest BCUT2D eigenvalue weighted by Crippen LogP contribution is -2.09. The zero-order valence-corrected chi connectivity index (χ0v) is 6.98. The van der Waals surface area contributed by atoms with Crippen LogP contribution in [0.1, 0.15) is 5.56 Å². The van der Waals surface area contributed by atoms with Crippen molar-refractivity contribution in [2.45, 2.75) is 0 Å². The van der Waals surface area contributed by atoms with E-state index in [4.69, 9.17) is 5.11 Å². The summed E-state index contributed by atoms with van der Waals surface area (Å²) < 4.78 is 0. The molecule has 0 spiro atoms. The second-order valence-corrected chi connectivity index (χ2v) is 2.32. The third kappa shape index (κ3) is 2.18. The van der Waals surface area contributed by atoms with E-state index in [0.717, 1.165) is 12.3 Å². The fraction of sp³-hybridized carbons (Fsp3) is 0.125. The van der Waals surface area contributed by atoms with Gasteiger partial charge in [0.05, 0.1) is 16.7 Å². The number of aromatic amines is 1. The molecular weight excluding hydrogens is 188 g/mol. The summed E-state index contributed by atoms with van der Waals surface area (Å²) in [5, 5.41) is 18.7. The molecule has 0 amide bonds. The summed E-state index contributed by atoms with van der Waals surface area (Å²) in [6.45, 7) is -0.401. The summed E-state index contributed by atoms with van der Waals surface area (Å²) >= 11 is 0. The highest BCUT2D eigenvalue weighted by molar-refractivity contribution is 5.39. The van der Waals surface area contributed by atoms with Gasteiger partial charge >= 0.3 is 0 Å². The average Bonchev–Trinajstić information content (AvgIpc) is 2.16. The first kappa shape index (κ1) is 9.95. The number of hydrogen-bond acceptors (Lipinski definition) is 4. The average molecular weight is 194 g/mol. The summed E-state index contributed by atoms with van der Waals surface area (Å²) in [6, 6.07) is 1.06. The highest BCUT2D eigenvalue weighted by Gasteiger charge is 2.07. The molecule has 0 saturated heterocycles. The maximum atomic E-state index is 11.0. The molecule has 0 aliphatic rings. The lowest BCUT2D eigenvalue weighted by molar-refractivity contribution is -0.385. The molecule has 1 aromatic heterocycles. The van der Waals surface area contributed by atoms with E-state index in [1.54, 1.807) is 0 Å². The number of aliphatic hydroxyl groups is 1. The number of hydrogen-bond donors (Lipinski definition) is 2. The summed E-state index contributed by atoms with van der Waals surface area (Å²) in [5.74, 6) is 4.54. The van der Waals surface area contributed by atoms with E-state index in [1.165, 1.54) is 0 Å². The van der Waals surface area contributed by atoms with Gasteiger partial charge in [0.25, 0.3) is 11.2 Å². The normalized spacial score (nSPS) is 8.93. The smallest absolute Gasteiger partial charge is 0.286 e. The molecule has 1 heterocycles. The van der Waals surface area contributed by atoms with E-state index >= 15 is 0 Å². The van der Waals surface area contributed by atoms with Gasteiger partial charge in [-0.3, -0.25) is 14.9 Å². The van der Waals surface area contributed by atoms with Gasteiger partial charge in [0.2, 0.25) is 0 Å². The summed E-state index contributed by atoms with van der Waals surface area (Å²) in [7, 11) is 0. The second kappa shape index (κ2) is 4.20. The fourth-order valence-electron chi connectivity index (χ4n) is 0.805. The van der Waals surface area contributed by atoms with E-state index < -0.39 is 17.1 Å². The van der Waals surface area contributed by atoms with Crippen LogP contribution >= 0.6 is 0 Å². The van der Waals surface area contributed by atoms with Gasteiger partial charge in [-0.05, 0) is 0 Å². The predicted octanol–water partition coefficient (Wildman–Crippen LogP) is -0.373. The molecule has 0 saturated carbocycles.